The van der Waals surface area contributed by atoms with Gasteiger partial charge in [-0.15, -0.1) is 0 Å². The number of hydrogen-bond acceptors (Lipinski definition) is 5. The lowest BCUT2D eigenvalue weighted by atomic mass is 10.0. The highest BCUT2D eigenvalue weighted by Crippen LogP contribution is 2.41. The number of halogens is 2. The first-order valence-corrected chi connectivity index (χ1v) is 15.0. The van der Waals surface area contributed by atoms with Crippen molar-refractivity contribution in [1.29, 1.82) is 0 Å². The zero-order valence-electron chi connectivity index (χ0n) is 23.9. The van der Waals surface area contributed by atoms with Gasteiger partial charge in [0.05, 0.1) is 24.5 Å². The molecule has 6 rings (SSSR count). The Bertz CT molecular complexity index is 1690. The molecule has 6 nitrogen and oxygen atoms in total. The maximum absolute atomic E-state index is 6.62. The van der Waals surface area contributed by atoms with E-state index >= 15 is 0 Å². The fourth-order valence-corrected chi connectivity index (χ4v) is 6.00. The molecule has 0 saturated carbocycles. The van der Waals surface area contributed by atoms with Crippen LogP contribution in [0.2, 0.25) is 10.0 Å². The number of aromatic nitrogens is 2. The minimum Gasteiger partial charge on any atom is -0.490 e. The van der Waals surface area contributed by atoms with Crippen LogP contribution in [0.5, 0.6) is 5.75 Å². The van der Waals surface area contributed by atoms with E-state index in [-0.39, 0.29) is 6.10 Å². The molecule has 2 heterocycles. The summed E-state index contributed by atoms with van der Waals surface area (Å²) in [6, 6.07) is 28.3. The Labute approximate surface area is 262 Å². The Morgan fingerprint density at radius 1 is 1.02 bits per heavy atom. The third-order valence-electron chi connectivity index (χ3n) is 7.52. The minimum absolute atomic E-state index is 0.309. The Morgan fingerprint density at radius 2 is 1.84 bits per heavy atom. The number of hydrogen-bond donors (Lipinski definition) is 0. The van der Waals surface area contributed by atoms with Gasteiger partial charge >= 0.3 is 0 Å². The summed E-state index contributed by atoms with van der Waals surface area (Å²) in [5.41, 5.74) is 3.16. The maximum Gasteiger partial charge on any atom is 0.215 e. The zero-order chi connectivity index (χ0) is 29.6. The first-order chi connectivity index (χ1) is 21.0. The lowest BCUT2D eigenvalue weighted by molar-refractivity contribution is -0.189. The van der Waals surface area contributed by atoms with Crippen LogP contribution in [0.15, 0.2) is 110 Å². The van der Waals surface area contributed by atoms with Crippen molar-refractivity contribution >= 4 is 40.1 Å². The summed E-state index contributed by atoms with van der Waals surface area (Å²) in [7, 11) is 2.13. The number of nitrogens with zero attached hydrogens (tertiary/aromatic N) is 3. The summed E-state index contributed by atoms with van der Waals surface area (Å²) < 4.78 is 21.2. The second-order valence-corrected chi connectivity index (χ2v) is 11.6. The molecular weight excluding hydrogens is 581 g/mol. The van der Waals surface area contributed by atoms with E-state index < -0.39 is 5.79 Å². The van der Waals surface area contributed by atoms with E-state index in [4.69, 9.17) is 37.4 Å². The second kappa shape index (κ2) is 13.3. The van der Waals surface area contributed by atoms with Crippen LogP contribution in [0.3, 0.4) is 0 Å². The van der Waals surface area contributed by atoms with Crippen LogP contribution in [-0.2, 0) is 28.4 Å². The third-order valence-corrected chi connectivity index (χ3v) is 8.06. The molecule has 1 aliphatic rings. The van der Waals surface area contributed by atoms with Crippen molar-refractivity contribution in [1.82, 2.24) is 14.5 Å². The molecule has 43 heavy (non-hydrogen) atoms. The van der Waals surface area contributed by atoms with Crippen molar-refractivity contribution in [2.24, 2.45) is 0 Å². The van der Waals surface area contributed by atoms with Crippen LogP contribution in [0, 0.1) is 0 Å². The molecule has 1 saturated heterocycles. The van der Waals surface area contributed by atoms with Crippen molar-refractivity contribution in [3.8, 4) is 5.75 Å². The van der Waals surface area contributed by atoms with Crippen LogP contribution >= 0.6 is 23.2 Å². The Balaban J connectivity index is 1.15. The van der Waals surface area contributed by atoms with E-state index in [1.54, 1.807) is 24.7 Å². The molecule has 0 N–H and O–H groups in total. The highest BCUT2D eigenvalue weighted by Gasteiger charge is 2.45. The molecular formula is C35H33Cl2N3O3. The molecule has 1 aliphatic heterocycles. The molecule has 5 aromatic rings. The summed E-state index contributed by atoms with van der Waals surface area (Å²) in [4.78, 5) is 6.47. The summed E-state index contributed by atoms with van der Waals surface area (Å²) in [5, 5.41) is 3.27. The Morgan fingerprint density at radius 3 is 2.63 bits per heavy atom. The monoisotopic (exact) mass is 613 g/mol. The van der Waals surface area contributed by atoms with Gasteiger partial charge in [0.15, 0.2) is 0 Å². The molecule has 1 aromatic heterocycles. The summed E-state index contributed by atoms with van der Waals surface area (Å²) in [6.07, 6.45) is 9.37. The van der Waals surface area contributed by atoms with E-state index in [9.17, 15) is 0 Å². The summed E-state index contributed by atoms with van der Waals surface area (Å²) in [5.74, 6) is -0.284. The molecule has 0 spiro atoms. The number of ether oxygens (including phenoxy) is 3. The smallest absolute Gasteiger partial charge is 0.215 e. The topological polar surface area (TPSA) is 48.8 Å². The molecule has 220 valence electrons. The van der Waals surface area contributed by atoms with E-state index in [1.165, 1.54) is 16.5 Å². The van der Waals surface area contributed by atoms with E-state index in [0.717, 1.165) is 24.2 Å². The molecule has 4 aromatic carbocycles. The maximum atomic E-state index is 6.62. The van der Waals surface area contributed by atoms with Crippen molar-refractivity contribution in [3.05, 3.63) is 136 Å². The number of likely N-dealkylation sites (N-methyl/N-ethyl adjacent to an activating group) is 1. The minimum atomic E-state index is -1.10. The Kier molecular flexibility index (Phi) is 9.12. The third kappa shape index (κ3) is 6.96. The molecule has 2 unspecified atom stereocenters. The molecule has 2 atom stereocenters. The molecule has 0 aliphatic carbocycles. The van der Waals surface area contributed by atoms with Gasteiger partial charge in [-0.25, -0.2) is 4.98 Å². The van der Waals surface area contributed by atoms with Crippen molar-refractivity contribution in [3.63, 3.8) is 0 Å². The summed E-state index contributed by atoms with van der Waals surface area (Å²) in [6.45, 7) is 2.73. The second-order valence-electron chi connectivity index (χ2n) is 10.8. The van der Waals surface area contributed by atoms with Crippen LogP contribution in [0.4, 0.5) is 0 Å². The average Bonchev–Trinajstić information content (AvgIpc) is 3.68. The first kappa shape index (κ1) is 29.4. The van der Waals surface area contributed by atoms with E-state index in [2.05, 4.69) is 83.7 Å². The van der Waals surface area contributed by atoms with Crippen molar-refractivity contribution in [2.45, 2.75) is 25.0 Å². The van der Waals surface area contributed by atoms with Gasteiger partial charge in [0, 0.05) is 41.5 Å². The number of fused-ring (bicyclic) bond motifs is 1. The van der Waals surface area contributed by atoms with Gasteiger partial charge in [-0.1, -0.05) is 102 Å². The van der Waals surface area contributed by atoms with E-state index in [0.29, 0.717) is 35.4 Å². The van der Waals surface area contributed by atoms with Gasteiger partial charge in [0.25, 0.3) is 0 Å². The predicted molar refractivity (Wildman–Crippen MR) is 172 cm³/mol. The van der Waals surface area contributed by atoms with Crippen LogP contribution in [0.1, 0.15) is 16.7 Å². The van der Waals surface area contributed by atoms with Gasteiger partial charge in [0.1, 0.15) is 18.5 Å². The van der Waals surface area contributed by atoms with Crippen LogP contribution in [0.25, 0.3) is 16.8 Å². The van der Waals surface area contributed by atoms with Gasteiger partial charge in [-0.2, -0.15) is 0 Å². The van der Waals surface area contributed by atoms with Crippen LogP contribution < -0.4 is 4.74 Å². The SMILES string of the molecule is CN(CC=Cc1ccccc1)Cc1ccc(OCC2COC(Cn3ccnc3)(c3ccc(Cl)cc3Cl)O2)c2ccccc12. The molecule has 0 amide bonds. The number of rotatable bonds is 11. The lowest BCUT2D eigenvalue weighted by Crippen LogP contribution is -2.34. The molecule has 0 bridgehead atoms. The highest BCUT2D eigenvalue weighted by atomic mass is 35.5. The standard InChI is InChI=1S/C35H33Cl2N3O3/c1-39(18-7-10-26-8-3-2-4-9-26)21-27-13-16-34(31-12-6-5-11-30(27)31)41-22-29-23-42-35(43-29,24-40-19-17-38-25-40)32-15-14-28(36)20-33(32)37/h2-17,19-20,25,29H,18,21-24H2,1H3. The average molecular weight is 615 g/mol. The predicted octanol–water partition coefficient (Wildman–Crippen LogP) is 7.84. The van der Waals surface area contributed by atoms with Crippen LogP contribution in [-0.4, -0.2) is 47.4 Å². The van der Waals surface area contributed by atoms with Crippen molar-refractivity contribution in [2.75, 3.05) is 26.8 Å². The molecule has 8 heteroatoms. The molecule has 1 fully saturated rings. The highest BCUT2D eigenvalue weighted by molar-refractivity contribution is 6.35. The molecule has 0 radical (unpaired) electrons. The normalized spacial score (nSPS) is 18.7. The van der Waals surface area contributed by atoms with Crippen molar-refractivity contribution < 1.29 is 14.2 Å². The number of benzene rings is 4. The van der Waals surface area contributed by atoms with Gasteiger partial charge in [-0.05, 0) is 41.8 Å². The fraction of sp³-hybridized carbons (Fsp3) is 0.229. The lowest BCUT2D eigenvalue weighted by Gasteiger charge is -2.30. The summed E-state index contributed by atoms with van der Waals surface area (Å²) >= 11 is 12.8. The van der Waals surface area contributed by atoms with E-state index in [1.807, 2.05) is 29.0 Å². The van der Waals surface area contributed by atoms with Gasteiger partial charge < -0.3 is 18.8 Å². The quantitative estimate of drug-likeness (QED) is 0.152. The largest absolute Gasteiger partial charge is 0.490 e. The number of imidazole rings is 1. The zero-order valence-corrected chi connectivity index (χ0v) is 25.4. The first-order valence-electron chi connectivity index (χ1n) is 14.3. The van der Waals surface area contributed by atoms with Gasteiger partial charge in [0.2, 0.25) is 5.79 Å². The van der Waals surface area contributed by atoms with Gasteiger partial charge in [-0.3, -0.25) is 4.90 Å². The Hall–Kier alpha value is -3.65. The fourth-order valence-electron chi connectivity index (χ4n) is 5.44.